The molecule has 0 aliphatic carbocycles. The molecule has 0 saturated carbocycles. The predicted molar refractivity (Wildman–Crippen MR) is 107 cm³/mol. The Morgan fingerprint density at radius 2 is 0.958 bits per heavy atom. The van der Waals surface area contributed by atoms with Crippen molar-refractivity contribution in [2.45, 2.75) is 41.5 Å². The van der Waals surface area contributed by atoms with Gasteiger partial charge < -0.3 is 9.34 Å². The monoisotopic (exact) mass is 341 g/mol. The van der Waals surface area contributed by atoms with Gasteiger partial charge in [-0.05, 0) is 63.8 Å². The van der Waals surface area contributed by atoms with Gasteiger partial charge in [0, 0.05) is 24.5 Å². The van der Waals surface area contributed by atoms with Gasteiger partial charge in [0.1, 0.15) is 0 Å². The summed E-state index contributed by atoms with van der Waals surface area (Å²) in [6, 6.07) is 9.04. The molecule has 1 aliphatic heterocycles. The van der Waals surface area contributed by atoms with Gasteiger partial charge >= 0.3 is 0 Å². The third-order valence-electron chi connectivity index (χ3n) is 4.81. The van der Waals surface area contributed by atoms with E-state index in [4.69, 9.17) is 5.50 Å². The molecule has 0 amide bonds. The number of hydrogen-bond donors (Lipinski definition) is 1. The van der Waals surface area contributed by atoms with Crippen LogP contribution in [0, 0.1) is 41.5 Å². The van der Waals surface area contributed by atoms with Crippen molar-refractivity contribution in [3.63, 3.8) is 0 Å². The molecule has 0 radical (unpaired) electrons. The summed E-state index contributed by atoms with van der Waals surface area (Å²) in [7, 11) is -0.862. The molecule has 24 heavy (non-hydrogen) atoms. The molecule has 0 atom stereocenters. The molecule has 0 bridgehead atoms. The number of rotatable bonds is 2. The van der Waals surface area contributed by atoms with Gasteiger partial charge in [-0.2, -0.15) is 0 Å². The van der Waals surface area contributed by atoms with Crippen LogP contribution in [0.2, 0.25) is 0 Å². The lowest BCUT2D eigenvalue weighted by atomic mass is 10.0. The van der Waals surface area contributed by atoms with Crippen LogP contribution in [0.25, 0.3) is 0 Å². The van der Waals surface area contributed by atoms with Gasteiger partial charge in [-0.1, -0.05) is 35.4 Å². The average molecular weight is 341 g/mol. The van der Waals surface area contributed by atoms with Gasteiger partial charge in [-0.15, -0.1) is 0 Å². The highest BCUT2D eigenvalue weighted by molar-refractivity contribution is 7.59. The molecule has 3 rings (SSSR count). The first kappa shape index (κ1) is 17.3. The first-order valence-corrected chi connectivity index (χ1v) is 9.86. The molecule has 0 spiro atoms. The lowest BCUT2D eigenvalue weighted by Gasteiger charge is -2.32. The Morgan fingerprint density at radius 3 is 1.25 bits per heavy atom. The van der Waals surface area contributed by atoms with Crippen molar-refractivity contribution in [3.8, 4) is 0 Å². The minimum atomic E-state index is -0.862. The highest BCUT2D eigenvalue weighted by atomic mass is 31.1. The summed E-state index contributed by atoms with van der Waals surface area (Å²) in [5.41, 5.74) is 17.3. The van der Waals surface area contributed by atoms with Gasteiger partial charge in [-0.25, -0.2) is 0 Å². The number of nitrogens with zero attached hydrogens (tertiary/aromatic N) is 2. The van der Waals surface area contributed by atoms with Crippen LogP contribution in [0.4, 0.5) is 11.4 Å². The molecular weight excluding hydrogens is 313 g/mol. The Hall–Kier alpha value is -1.57. The van der Waals surface area contributed by atoms with E-state index in [-0.39, 0.29) is 0 Å². The first-order chi connectivity index (χ1) is 11.3. The van der Waals surface area contributed by atoms with Crippen molar-refractivity contribution in [2.75, 3.05) is 22.4 Å². The summed E-state index contributed by atoms with van der Waals surface area (Å²) in [6.45, 7) is 15.1. The van der Waals surface area contributed by atoms with Gasteiger partial charge in [-0.3, -0.25) is 5.50 Å². The van der Waals surface area contributed by atoms with E-state index in [2.05, 4.69) is 75.1 Å². The fraction of sp³-hybridized carbons (Fsp3) is 0.400. The quantitative estimate of drug-likeness (QED) is 0.776. The summed E-state index contributed by atoms with van der Waals surface area (Å²) in [5, 5.41) is 0. The maximum Gasteiger partial charge on any atom is 0.173 e. The van der Waals surface area contributed by atoms with Crippen molar-refractivity contribution in [1.29, 1.82) is 0 Å². The largest absolute Gasteiger partial charge is 0.319 e. The van der Waals surface area contributed by atoms with Crippen LogP contribution in [-0.2, 0) is 0 Å². The van der Waals surface area contributed by atoms with E-state index in [1.807, 2.05) is 0 Å². The SMILES string of the molecule is Cc1cc(C)c(N2CCN(c3c(C)cc(C)cc3C)P2N)c(C)c1. The van der Waals surface area contributed by atoms with Crippen LogP contribution in [0.5, 0.6) is 0 Å². The molecule has 2 aromatic carbocycles. The molecule has 3 nitrogen and oxygen atoms in total. The second-order valence-electron chi connectivity index (χ2n) is 7.06. The van der Waals surface area contributed by atoms with E-state index >= 15 is 0 Å². The van der Waals surface area contributed by atoms with Gasteiger partial charge in [0.2, 0.25) is 0 Å². The van der Waals surface area contributed by atoms with Crippen LogP contribution >= 0.6 is 8.37 Å². The molecule has 2 N–H and O–H groups in total. The summed E-state index contributed by atoms with van der Waals surface area (Å²) >= 11 is 0. The van der Waals surface area contributed by atoms with Crippen LogP contribution in [0.15, 0.2) is 24.3 Å². The minimum Gasteiger partial charge on any atom is -0.319 e. The van der Waals surface area contributed by atoms with Crippen molar-refractivity contribution in [3.05, 3.63) is 57.6 Å². The van der Waals surface area contributed by atoms with Gasteiger partial charge in [0.25, 0.3) is 0 Å². The number of anilines is 2. The van der Waals surface area contributed by atoms with E-state index in [9.17, 15) is 0 Å². The maximum absolute atomic E-state index is 6.76. The topological polar surface area (TPSA) is 32.5 Å². The molecule has 1 heterocycles. The standard InChI is InChI=1S/C20H28N3P/c1-13-9-15(3)19(16(4)10-13)22-7-8-23(24(22)21)20-17(5)11-14(2)12-18(20)6/h9-12H,7-8,21H2,1-6H3. The predicted octanol–water partition coefficient (Wildman–Crippen LogP) is 5.05. The van der Waals surface area contributed by atoms with Gasteiger partial charge in [0.15, 0.2) is 8.37 Å². The molecule has 0 unspecified atom stereocenters. The summed E-state index contributed by atoms with van der Waals surface area (Å²) in [6.07, 6.45) is 0. The fourth-order valence-electron chi connectivity index (χ4n) is 4.11. The van der Waals surface area contributed by atoms with Crippen LogP contribution < -0.4 is 14.8 Å². The lowest BCUT2D eigenvalue weighted by molar-refractivity contribution is 1.01. The highest BCUT2D eigenvalue weighted by Crippen LogP contribution is 2.50. The summed E-state index contributed by atoms with van der Waals surface area (Å²) < 4.78 is 4.83. The molecule has 1 saturated heterocycles. The second-order valence-corrected chi connectivity index (χ2v) is 8.67. The zero-order chi connectivity index (χ0) is 17.6. The maximum atomic E-state index is 6.76. The van der Waals surface area contributed by atoms with E-state index in [1.54, 1.807) is 0 Å². The smallest absolute Gasteiger partial charge is 0.173 e. The lowest BCUT2D eigenvalue weighted by Crippen LogP contribution is -2.22. The molecular formula is C20H28N3P. The normalized spacial score (nSPS) is 15.5. The molecule has 2 aromatic rings. The third-order valence-corrected chi connectivity index (χ3v) is 6.59. The summed E-state index contributed by atoms with van der Waals surface area (Å²) in [4.78, 5) is 0. The van der Waals surface area contributed by atoms with E-state index in [1.165, 1.54) is 44.8 Å². The first-order valence-electron chi connectivity index (χ1n) is 8.55. The van der Waals surface area contributed by atoms with E-state index in [0.29, 0.717) is 0 Å². The third kappa shape index (κ3) is 2.92. The van der Waals surface area contributed by atoms with Gasteiger partial charge in [0.05, 0.1) is 0 Å². The van der Waals surface area contributed by atoms with Crippen molar-refractivity contribution >= 4 is 19.7 Å². The fourth-order valence-corrected chi connectivity index (χ4v) is 6.00. The number of benzene rings is 2. The van der Waals surface area contributed by atoms with Crippen molar-refractivity contribution in [2.24, 2.45) is 5.50 Å². The molecule has 1 fully saturated rings. The van der Waals surface area contributed by atoms with E-state index < -0.39 is 8.37 Å². The number of nitrogens with two attached hydrogens (primary N) is 1. The zero-order valence-electron chi connectivity index (χ0n) is 15.6. The Morgan fingerprint density at radius 1 is 0.667 bits per heavy atom. The van der Waals surface area contributed by atoms with Crippen molar-refractivity contribution in [1.82, 2.24) is 0 Å². The Kier molecular flexibility index (Phi) is 4.59. The Labute approximate surface area is 147 Å². The molecule has 0 aromatic heterocycles. The second kappa shape index (κ2) is 6.38. The van der Waals surface area contributed by atoms with E-state index in [0.717, 1.165) is 13.1 Å². The summed E-state index contributed by atoms with van der Waals surface area (Å²) in [5.74, 6) is 0. The molecule has 128 valence electrons. The average Bonchev–Trinajstić information content (AvgIpc) is 2.79. The van der Waals surface area contributed by atoms with Crippen LogP contribution in [0.1, 0.15) is 33.4 Å². The molecule has 1 aliphatic rings. The Bertz CT molecular complexity index is 673. The van der Waals surface area contributed by atoms with Crippen LogP contribution in [0.3, 0.4) is 0 Å². The number of aryl methyl sites for hydroxylation is 6. The minimum absolute atomic E-state index is 0.862. The Balaban J connectivity index is 1.99. The molecule has 4 heteroatoms. The highest BCUT2D eigenvalue weighted by Gasteiger charge is 2.33. The van der Waals surface area contributed by atoms with Crippen LogP contribution in [-0.4, -0.2) is 13.1 Å². The van der Waals surface area contributed by atoms with Crippen molar-refractivity contribution < 1.29 is 0 Å². The number of hydrogen-bond acceptors (Lipinski definition) is 3. The zero-order valence-corrected chi connectivity index (χ0v) is 16.5.